The minimum Gasteiger partial charge on any atom is -0.456 e. The molecule has 0 N–H and O–H groups in total. The molecule has 0 fully saturated rings. The highest BCUT2D eigenvalue weighted by molar-refractivity contribution is 6.58. The highest BCUT2D eigenvalue weighted by Crippen LogP contribution is 2.47. The second-order valence-corrected chi connectivity index (χ2v) is 11.9. The van der Waals surface area contributed by atoms with Gasteiger partial charge in [0.25, 0.3) is 0 Å². The van der Waals surface area contributed by atoms with E-state index in [1.807, 2.05) is 47.0 Å². The summed E-state index contributed by atoms with van der Waals surface area (Å²) in [6, 6.07) is 48.2. The lowest BCUT2D eigenvalue weighted by atomic mass is 9.42. The van der Waals surface area contributed by atoms with E-state index >= 15 is 0 Å². The zero-order chi connectivity index (χ0) is 31.0. The molecule has 0 saturated carbocycles. The second-order valence-electron chi connectivity index (χ2n) is 11.9. The van der Waals surface area contributed by atoms with Crippen molar-refractivity contribution in [3.8, 4) is 27.9 Å². The molecule has 6 radical (unpaired) electrons. The normalized spacial score (nSPS) is 12.2. The maximum absolute atomic E-state index is 6.31. The maximum atomic E-state index is 6.31. The molecular weight excluding hydrogens is 557 g/mol. The lowest BCUT2D eigenvalue weighted by Crippen LogP contribution is -2.31. The molecular formula is C40H23B3N2O. The second kappa shape index (κ2) is 10.0. The van der Waals surface area contributed by atoms with E-state index in [2.05, 4.69) is 97.1 Å². The number of imidazole rings is 1. The molecule has 6 heteroatoms. The van der Waals surface area contributed by atoms with Crippen molar-refractivity contribution in [2.75, 3.05) is 0 Å². The molecule has 208 valence electrons. The van der Waals surface area contributed by atoms with E-state index in [-0.39, 0.29) is 0 Å². The Kier molecular flexibility index (Phi) is 5.85. The minimum absolute atomic E-state index is 0.386. The number of para-hydroxylation sites is 3. The van der Waals surface area contributed by atoms with Crippen LogP contribution in [0.3, 0.4) is 0 Å². The molecule has 0 bridgehead atoms. The molecule has 0 unspecified atom stereocenters. The van der Waals surface area contributed by atoms with Crippen LogP contribution in [-0.4, -0.2) is 33.1 Å². The predicted molar refractivity (Wildman–Crippen MR) is 193 cm³/mol. The summed E-state index contributed by atoms with van der Waals surface area (Å²) in [4.78, 5) is 4.73. The first-order chi connectivity index (χ1) is 22.5. The van der Waals surface area contributed by atoms with Crippen LogP contribution in [0, 0.1) is 0 Å². The topological polar surface area (TPSA) is 31.0 Å². The first kappa shape index (κ1) is 26.9. The summed E-state index contributed by atoms with van der Waals surface area (Å²) in [5.41, 5.74) is 8.83. The Hall–Kier alpha value is -5.48. The van der Waals surface area contributed by atoms with Gasteiger partial charge in [-0.1, -0.05) is 108 Å². The fourth-order valence-electron chi connectivity index (χ4n) is 7.09. The van der Waals surface area contributed by atoms with Gasteiger partial charge >= 0.3 is 0 Å². The van der Waals surface area contributed by atoms with Crippen LogP contribution in [-0.2, 0) is 5.11 Å². The number of nitrogens with zero attached hydrogens (tertiary/aromatic N) is 2. The van der Waals surface area contributed by atoms with Crippen LogP contribution in [0.15, 0.2) is 144 Å². The van der Waals surface area contributed by atoms with E-state index in [4.69, 9.17) is 32.9 Å². The van der Waals surface area contributed by atoms with Crippen molar-refractivity contribution in [3.05, 3.63) is 145 Å². The Labute approximate surface area is 269 Å². The summed E-state index contributed by atoms with van der Waals surface area (Å²) in [6.07, 6.45) is 0. The minimum atomic E-state index is -1.63. The quantitative estimate of drug-likeness (QED) is 0.154. The Bertz CT molecular complexity index is 2590. The van der Waals surface area contributed by atoms with E-state index in [0.717, 1.165) is 76.9 Å². The molecule has 46 heavy (non-hydrogen) atoms. The molecule has 2 aromatic heterocycles. The van der Waals surface area contributed by atoms with Crippen molar-refractivity contribution in [1.82, 2.24) is 9.55 Å². The van der Waals surface area contributed by atoms with Crippen molar-refractivity contribution in [2.24, 2.45) is 0 Å². The van der Waals surface area contributed by atoms with Gasteiger partial charge in [0.05, 0.1) is 40.4 Å². The molecule has 2 heterocycles. The van der Waals surface area contributed by atoms with Gasteiger partial charge in [0.15, 0.2) is 0 Å². The van der Waals surface area contributed by atoms with E-state index in [9.17, 15) is 0 Å². The third-order valence-electron chi connectivity index (χ3n) is 8.94. The zero-order valence-corrected chi connectivity index (χ0v) is 24.8. The average molecular weight is 580 g/mol. The van der Waals surface area contributed by atoms with Crippen LogP contribution in [0.2, 0.25) is 0 Å². The SMILES string of the molecule is [B]C([B])([B])c1nc2ccccc2n1-c1cccc(-c2c3ccccc3c(-c3cccc4oc5ccccc5c34)c3ccccc23)c1. The molecule has 0 aliphatic rings. The summed E-state index contributed by atoms with van der Waals surface area (Å²) in [7, 11) is 18.8. The Morgan fingerprint density at radius 2 is 1.13 bits per heavy atom. The average Bonchev–Trinajstić information content (AvgIpc) is 3.67. The third-order valence-corrected chi connectivity index (χ3v) is 8.94. The van der Waals surface area contributed by atoms with Crippen molar-refractivity contribution >= 4 is 78.1 Å². The standard InChI is InChI=1S/C40H23B3N2O/c41-40(42,43)39-44-32-19-6-7-20-33(32)45(39)25-12-9-11-24(23-25)36-26-13-1-3-15-28(26)37(29-16-4-2-14-27(29)36)31-18-10-22-35-38(31)30-17-5-8-21-34(30)46-35/h1-23H. The first-order valence-electron chi connectivity index (χ1n) is 15.3. The first-order valence-corrected chi connectivity index (χ1v) is 15.3. The van der Waals surface area contributed by atoms with Crippen LogP contribution in [0.4, 0.5) is 0 Å². The van der Waals surface area contributed by atoms with E-state index < -0.39 is 5.11 Å². The Morgan fingerprint density at radius 1 is 0.543 bits per heavy atom. The monoisotopic (exact) mass is 580 g/mol. The Balaban J connectivity index is 1.36. The fourth-order valence-corrected chi connectivity index (χ4v) is 7.09. The number of benzene rings is 7. The predicted octanol–water partition coefficient (Wildman–Crippen LogP) is 9.18. The van der Waals surface area contributed by atoms with Gasteiger partial charge in [-0.3, -0.25) is 4.57 Å². The number of hydrogen-bond acceptors (Lipinski definition) is 2. The van der Waals surface area contributed by atoms with Crippen molar-refractivity contribution in [3.63, 3.8) is 0 Å². The molecule has 9 rings (SSSR count). The van der Waals surface area contributed by atoms with Gasteiger partial charge in [-0.15, -0.1) is 0 Å². The van der Waals surface area contributed by atoms with Crippen molar-refractivity contribution in [1.29, 1.82) is 0 Å². The van der Waals surface area contributed by atoms with Gasteiger partial charge in [0, 0.05) is 16.5 Å². The summed E-state index contributed by atoms with van der Waals surface area (Å²) in [5.74, 6) is 0.386. The molecule has 7 aromatic carbocycles. The van der Waals surface area contributed by atoms with Crippen LogP contribution in [0.25, 0.3) is 82.5 Å². The number of furan rings is 1. The molecule has 0 saturated heterocycles. The molecule has 0 spiro atoms. The maximum Gasteiger partial charge on any atom is 0.136 e. The number of hydrogen-bond donors (Lipinski definition) is 0. The highest BCUT2D eigenvalue weighted by Gasteiger charge is 2.24. The third kappa shape index (κ3) is 4.00. The highest BCUT2D eigenvalue weighted by atomic mass is 16.3. The van der Waals surface area contributed by atoms with Crippen molar-refractivity contribution < 1.29 is 4.42 Å². The molecule has 9 aromatic rings. The van der Waals surface area contributed by atoms with Crippen LogP contribution in [0.1, 0.15) is 5.82 Å². The molecule has 0 amide bonds. The summed E-state index contributed by atoms with van der Waals surface area (Å²) >= 11 is 0. The van der Waals surface area contributed by atoms with E-state index in [0.29, 0.717) is 5.82 Å². The summed E-state index contributed by atoms with van der Waals surface area (Å²) in [5, 5.41) is 5.23. The van der Waals surface area contributed by atoms with Gasteiger partial charge in [-0.2, -0.15) is 0 Å². The van der Waals surface area contributed by atoms with Crippen LogP contribution < -0.4 is 0 Å². The van der Waals surface area contributed by atoms with Crippen LogP contribution in [0.5, 0.6) is 0 Å². The van der Waals surface area contributed by atoms with E-state index in [1.165, 1.54) is 5.56 Å². The molecule has 0 aliphatic carbocycles. The largest absolute Gasteiger partial charge is 0.456 e. The van der Waals surface area contributed by atoms with Gasteiger partial charge in [-0.05, 0) is 80.2 Å². The number of fused-ring (bicyclic) bond motifs is 6. The molecule has 0 atom stereocenters. The van der Waals surface area contributed by atoms with E-state index in [1.54, 1.807) is 0 Å². The van der Waals surface area contributed by atoms with Crippen molar-refractivity contribution in [2.45, 2.75) is 5.11 Å². The van der Waals surface area contributed by atoms with Gasteiger partial charge in [0.1, 0.15) is 11.2 Å². The Morgan fingerprint density at radius 3 is 1.85 bits per heavy atom. The van der Waals surface area contributed by atoms with Gasteiger partial charge < -0.3 is 4.42 Å². The molecule has 3 nitrogen and oxygen atoms in total. The number of aromatic nitrogens is 2. The fraction of sp³-hybridized carbons (Fsp3) is 0.0250. The number of rotatable bonds is 4. The lowest BCUT2D eigenvalue weighted by Gasteiger charge is -2.22. The van der Waals surface area contributed by atoms with Crippen LogP contribution >= 0.6 is 0 Å². The summed E-state index contributed by atoms with van der Waals surface area (Å²) in [6.45, 7) is 0. The van der Waals surface area contributed by atoms with Gasteiger partial charge in [0.2, 0.25) is 0 Å². The summed E-state index contributed by atoms with van der Waals surface area (Å²) < 4.78 is 8.27. The zero-order valence-electron chi connectivity index (χ0n) is 24.8. The van der Waals surface area contributed by atoms with Gasteiger partial charge in [-0.25, -0.2) is 4.98 Å². The molecule has 0 aliphatic heterocycles. The lowest BCUT2D eigenvalue weighted by molar-refractivity contribution is 0.669. The smallest absolute Gasteiger partial charge is 0.136 e.